The zero-order valence-corrected chi connectivity index (χ0v) is 14.8. The summed E-state index contributed by atoms with van der Waals surface area (Å²) < 4.78 is 0. The van der Waals surface area contributed by atoms with Crippen LogP contribution in [0.15, 0.2) is 24.3 Å². The second kappa shape index (κ2) is 8.85. The number of hydrogen-bond donors (Lipinski definition) is 1. The van der Waals surface area contributed by atoms with Crippen LogP contribution in [0.4, 0.5) is 4.79 Å². The average molecular weight is 344 g/mol. The lowest BCUT2D eigenvalue weighted by Gasteiger charge is -2.28. The van der Waals surface area contributed by atoms with E-state index in [1.54, 1.807) is 4.90 Å². The number of urea groups is 1. The third-order valence-electron chi connectivity index (χ3n) is 5.10. The molecule has 0 aliphatic carbocycles. The van der Waals surface area contributed by atoms with Crippen molar-refractivity contribution in [3.05, 3.63) is 35.4 Å². The Morgan fingerprint density at radius 3 is 2.76 bits per heavy atom. The molecule has 2 aliphatic rings. The maximum absolute atomic E-state index is 12.3. The van der Waals surface area contributed by atoms with Gasteiger partial charge in [-0.15, -0.1) is 0 Å². The number of fused-ring (bicyclic) bond motifs is 1. The molecule has 0 bridgehead atoms. The Bertz CT molecular complexity index is 593. The van der Waals surface area contributed by atoms with Gasteiger partial charge in [0, 0.05) is 52.4 Å². The summed E-state index contributed by atoms with van der Waals surface area (Å²) in [4.78, 5) is 29.1. The highest BCUT2D eigenvalue weighted by Crippen LogP contribution is 2.18. The molecule has 6 nitrogen and oxygen atoms in total. The molecule has 3 rings (SSSR count). The van der Waals surface area contributed by atoms with Crippen molar-refractivity contribution in [3.63, 3.8) is 0 Å². The maximum atomic E-state index is 12.3. The largest absolute Gasteiger partial charge is 0.343 e. The summed E-state index contributed by atoms with van der Waals surface area (Å²) in [5.74, 6) is 0. The first-order valence-corrected chi connectivity index (χ1v) is 9.27. The molecule has 1 N–H and O–H groups in total. The Morgan fingerprint density at radius 2 is 1.92 bits per heavy atom. The fraction of sp³-hybridized carbons (Fsp3) is 0.579. The second-order valence-electron chi connectivity index (χ2n) is 6.86. The van der Waals surface area contributed by atoms with E-state index in [2.05, 4.69) is 34.5 Å². The number of amides is 3. The fourth-order valence-corrected chi connectivity index (χ4v) is 3.60. The highest BCUT2D eigenvalue weighted by atomic mass is 16.2. The molecule has 2 heterocycles. The van der Waals surface area contributed by atoms with Gasteiger partial charge in [0.25, 0.3) is 0 Å². The Labute approximate surface area is 149 Å². The van der Waals surface area contributed by atoms with Gasteiger partial charge < -0.3 is 15.1 Å². The molecule has 25 heavy (non-hydrogen) atoms. The molecule has 2 aliphatic heterocycles. The van der Waals surface area contributed by atoms with Gasteiger partial charge in [-0.1, -0.05) is 24.3 Å². The summed E-state index contributed by atoms with van der Waals surface area (Å²) in [5.41, 5.74) is 2.90. The van der Waals surface area contributed by atoms with E-state index in [0.717, 1.165) is 58.4 Å². The lowest BCUT2D eigenvalue weighted by Crippen LogP contribution is -2.43. The summed E-state index contributed by atoms with van der Waals surface area (Å²) >= 11 is 0. The molecule has 6 heteroatoms. The topological polar surface area (TPSA) is 55.9 Å². The standard InChI is InChI=1S/C19H28N4O2/c24-16-22-10-4-11-23(14-13-22)19(25)20-8-3-9-21-12-7-17-5-1-2-6-18(17)15-21/h1-2,5-6,16H,3-4,7-15H2,(H,20,25). The van der Waals surface area contributed by atoms with E-state index in [-0.39, 0.29) is 6.03 Å². The van der Waals surface area contributed by atoms with Crippen molar-refractivity contribution in [2.75, 3.05) is 45.8 Å². The molecule has 1 aromatic rings. The van der Waals surface area contributed by atoms with Crippen molar-refractivity contribution in [2.24, 2.45) is 0 Å². The number of benzene rings is 1. The van der Waals surface area contributed by atoms with Gasteiger partial charge in [0.1, 0.15) is 0 Å². The van der Waals surface area contributed by atoms with Crippen LogP contribution in [0.3, 0.4) is 0 Å². The van der Waals surface area contributed by atoms with Gasteiger partial charge in [0.2, 0.25) is 6.41 Å². The summed E-state index contributed by atoms with van der Waals surface area (Å²) in [6.07, 6.45) is 3.79. The molecule has 0 spiro atoms. The van der Waals surface area contributed by atoms with Gasteiger partial charge in [-0.2, -0.15) is 0 Å². The van der Waals surface area contributed by atoms with E-state index < -0.39 is 0 Å². The van der Waals surface area contributed by atoms with Crippen LogP contribution in [-0.4, -0.2) is 73.0 Å². The summed E-state index contributed by atoms with van der Waals surface area (Å²) in [7, 11) is 0. The van der Waals surface area contributed by atoms with Gasteiger partial charge >= 0.3 is 6.03 Å². The Hall–Kier alpha value is -2.08. The molecule has 0 saturated carbocycles. The summed E-state index contributed by atoms with van der Waals surface area (Å²) in [6, 6.07) is 8.65. The predicted molar refractivity (Wildman–Crippen MR) is 97.3 cm³/mol. The fourth-order valence-electron chi connectivity index (χ4n) is 3.60. The number of carbonyl (C=O) groups is 2. The SMILES string of the molecule is O=CN1CCCN(C(=O)NCCCN2CCc3ccccc3C2)CC1. The molecule has 1 saturated heterocycles. The van der Waals surface area contributed by atoms with Gasteiger partial charge in [-0.3, -0.25) is 9.69 Å². The summed E-state index contributed by atoms with van der Waals surface area (Å²) in [6.45, 7) is 6.52. The molecular weight excluding hydrogens is 316 g/mol. The van der Waals surface area contributed by atoms with E-state index in [0.29, 0.717) is 19.6 Å². The van der Waals surface area contributed by atoms with Crippen LogP contribution in [0.25, 0.3) is 0 Å². The van der Waals surface area contributed by atoms with Crippen LogP contribution in [0, 0.1) is 0 Å². The smallest absolute Gasteiger partial charge is 0.317 e. The molecule has 136 valence electrons. The van der Waals surface area contributed by atoms with E-state index >= 15 is 0 Å². The normalized spacial score (nSPS) is 18.4. The lowest BCUT2D eigenvalue weighted by atomic mass is 10.00. The van der Waals surface area contributed by atoms with Crippen molar-refractivity contribution in [2.45, 2.75) is 25.8 Å². The van der Waals surface area contributed by atoms with Crippen LogP contribution in [0.5, 0.6) is 0 Å². The first-order valence-electron chi connectivity index (χ1n) is 9.27. The van der Waals surface area contributed by atoms with Gasteiger partial charge in [-0.05, 0) is 30.4 Å². The second-order valence-corrected chi connectivity index (χ2v) is 6.86. The van der Waals surface area contributed by atoms with E-state index in [1.807, 2.05) is 4.90 Å². The monoisotopic (exact) mass is 344 g/mol. The highest BCUT2D eigenvalue weighted by Gasteiger charge is 2.18. The van der Waals surface area contributed by atoms with Crippen molar-refractivity contribution in [1.82, 2.24) is 20.0 Å². The molecule has 1 fully saturated rings. The van der Waals surface area contributed by atoms with Crippen molar-refractivity contribution in [3.8, 4) is 0 Å². The molecule has 0 unspecified atom stereocenters. The zero-order valence-electron chi connectivity index (χ0n) is 14.8. The molecule has 0 radical (unpaired) electrons. The van der Waals surface area contributed by atoms with Crippen LogP contribution in [0.1, 0.15) is 24.0 Å². The van der Waals surface area contributed by atoms with E-state index in [1.165, 1.54) is 11.1 Å². The first kappa shape index (κ1) is 17.7. The average Bonchev–Trinajstić information content (AvgIpc) is 2.90. The van der Waals surface area contributed by atoms with Gasteiger partial charge in [0.05, 0.1) is 0 Å². The minimum absolute atomic E-state index is 0.00302. The summed E-state index contributed by atoms with van der Waals surface area (Å²) in [5, 5.41) is 3.03. The third kappa shape index (κ3) is 4.95. The predicted octanol–water partition coefficient (Wildman–Crippen LogP) is 1.31. The Balaban J connectivity index is 1.35. The minimum atomic E-state index is -0.00302. The number of carbonyl (C=O) groups excluding carboxylic acids is 2. The first-order chi connectivity index (χ1) is 12.3. The number of rotatable bonds is 5. The molecule has 3 amide bonds. The molecule has 0 aromatic heterocycles. The van der Waals surface area contributed by atoms with Gasteiger partial charge in [-0.25, -0.2) is 4.79 Å². The minimum Gasteiger partial charge on any atom is -0.343 e. The van der Waals surface area contributed by atoms with Crippen LogP contribution in [0.2, 0.25) is 0 Å². The van der Waals surface area contributed by atoms with Crippen molar-refractivity contribution < 1.29 is 9.59 Å². The third-order valence-corrected chi connectivity index (χ3v) is 5.10. The Kier molecular flexibility index (Phi) is 6.28. The number of hydrogen-bond acceptors (Lipinski definition) is 3. The lowest BCUT2D eigenvalue weighted by molar-refractivity contribution is -0.118. The van der Waals surface area contributed by atoms with Crippen molar-refractivity contribution >= 4 is 12.4 Å². The van der Waals surface area contributed by atoms with E-state index in [4.69, 9.17) is 0 Å². The Morgan fingerprint density at radius 1 is 1.08 bits per heavy atom. The quantitative estimate of drug-likeness (QED) is 0.647. The zero-order chi connectivity index (χ0) is 17.5. The maximum Gasteiger partial charge on any atom is 0.317 e. The van der Waals surface area contributed by atoms with Crippen molar-refractivity contribution in [1.29, 1.82) is 0 Å². The van der Waals surface area contributed by atoms with Gasteiger partial charge in [0.15, 0.2) is 0 Å². The van der Waals surface area contributed by atoms with Crippen LogP contribution in [-0.2, 0) is 17.8 Å². The van der Waals surface area contributed by atoms with Crippen LogP contribution < -0.4 is 5.32 Å². The highest BCUT2D eigenvalue weighted by molar-refractivity contribution is 5.74. The molecular formula is C19H28N4O2. The molecule has 0 atom stereocenters. The van der Waals surface area contributed by atoms with Crippen LogP contribution >= 0.6 is 0 Å². The van der Waals surface area contributed by atoms with E-state index in [9.17, 15) is 9.59 Å². The number of nitrogens with zero attached hydrogens (tertiary/aromatic N) is 3. The number of nitrogens with one attached hydrogen (secondary N) is 1. The molecule has 1 aromatic carbocycles.